The van der Waals surface area contributed by atoms with Gasteiger partial charge in [-0.3, -0.25) is 19.1 Å². The van der Waals surface area contributed by atoms with Crippen LogP contribution in [0.5, 0.6) is 0 Å². The third-order valence-corrected chi connectivity index (χ3v) is 8.92. The van der Waals surface area contributed by atoms with Crippen molar-refractivity contribution < 1.29 is 19.4 Å². The first-order valence-corrected chi connectivity index (χ1v) is 15.2. The van der Waals surface area contributed by atoms with Crippen LogP contribution in [0.4, 0.5) is 10.5 Å². The van der Waals surface area contributed by atoms with E-state index in [4.69, 9.17) is 16.3 Å². The van der Waals surface area contributed by atoms with Gasteiger partial charge in [0.05, 0.1) is 34.1 Å². The fraction of sp³-hybridized carbons (Fsp3) is 0.433. The molecule has 1 saturated carbocycles. The maximum absolute atomic E-state index is 13.3. The number of rotatable bonds is 10. The number of nitrogens with zero attached hydrogens (tertiary/aromatic N) is 2. The number of pyridine rings is 1. The molecule has 2 aliphatic rings. The number of carbonyl (C=O) groups excluding carboxylic acids is 2. The van der Waals surface area contributed by atoms with Gasteiger partial charge in [-0.25, -0.2) is 4.79 Å². The highest BCUT2D eigenvalue weighted by atomic mass is 35.5. The minimum absolute atomic E-state index is 0.0486. The Morgan fingerprint density at radius 1 is 1.15 bits per heavy atom. The standard InChI is InChI=1S/C30H35ClN4O5S/c1-19-16-22(35-18-24(40-30(35)39)17-33-28(37)26-12-13-27(31)41-26)8-11-25(19)34-15-3-5-20(29(34)38)4-2-14-32-21-6-9-23(36)10-7-21/h3,5,8,11-13,15-16,21,23-24,32,36H,2,4,6-7,9-10,14,17-18H2,1H3,(H,33,37)/t21-,23-,24-/m0/s1. The van der Waals surface area contributed by atoms with Gasteiger partial charge < -0.3 is 20.5 Å². The third kappa shape index (κ3) is 7.19. The fourth-order valence-corrected chi connectivity index (χ4v) is 6.39. The number of nitrogens with one attached hydrogen (secondary N) is 2. The van der Waals surface area contributed by atoms with Crippen molar-refractivity contribution in [3.8, 4) is 5.69 Å². The number of thiophene rings is 1. The molecule has 0 bridgehead atoms. The molecule has 218 valence electrons. The Balaban J connectivity index is 1.18. The second-order valence-corrected chi connectivity index (χ2v) is 12.4. The fourth-order valence-electron chi connectivity index (χ4n) is 5.43. The Hall–Kier alpha value is -3.18. The van der Waals surface area contributed by atoms with Crippen LogP contribution in [0.1, 0.15) is 52.9 Å². The summed E-state index contributed by atoms with van der Waals surface area (Å²) in [6.45, 7) is 3.24. The summed E-state index contributed by atoms with van der Waals surface area (Å²) in [6, 6.07) is 13.1. The largest absolute Gasteiger partial charge is 0.442 e. The van der Waals surface area contributed by atoms with Gasteiger partial charge in [-0.2, -0.15) is 0 Å². The van der Waals surface area contributed by atoms with E-state index >= 15 is 0 Å². The number of anilines is 1. The van der Waals surface area contributed by atoms with Gasteiger partial charge >= 0.3 is 6.09 Å². The van der Waals surface area contributed by atoms with Crippen LogP contribution in [0.3, 0.4) is 0 Å². The van der Waals surface area contributed by atoms with Gasteiger partial charge in [0, 0.05) is 23.5 Å². The summed E-state index contributed by atoms with van der Waals surface area (Å²) >= 11 is 7.10. The summed E-state index contributed by atoms with van der Waals surface area (Å²) in [4.78, 5) is 40.3. The number of aryl methyl sites for hydroxylation is 2. The van der Waals surface area contributed by atoms with E-state index in [0.29, 0.717) is 33.9 Å². The van der Waals surface area contributed by atoms with E-state index in [-0.39, 0.29) is 24.1 Å². The monoisotopic (exact) mass is 598 g/mol. The van der Waals surface area contributed by atoms with Crippen LogP contribution in [0.15, 0.2) is 53.5 Å². The molecule has 5 rings (SSSR count). The molecule has 3 aromatic rings. The van der Waals surface area contributed by atoms with Crippen molar-refractivity contribution in [1.82, 2.24) is 15.2 Å². The van der Waals surface area contributed by atoms with Crippen molar-refractivity contribution in [3.05, 3.63) is 79.4 Å². The lowest BCUT2D eigenvalue weighted by Gasteiger charge is -2.26. The number of halogens is 1. The SMILES string of the molecule is Cc1cc(N2C[C@H](CNC(=O)c3ccc(Cl)s3)OC2=O)ccc1-n1cccc(CCCN[C@H]2CC[C@H](O)CC2)c1=O. The molecule has 0 radical (unpaired) electrons. The highest BCUT2D eigenvalue weighted by molar-refractivity contribution is 7.18. The topological polar surface area (TPSA) is 113 Å². The van der Waals surface area contributed by atoms with E-state index in [1.54, 1.807) is 22.9 Å². The van der Waals surface area contributed by atoms with E-state index < -0.39 is 12.2 Å². The van der Waals surface area contributed by atoms with Crippen molar-refractivity contribution in [2.45, 2.75) is 63.7 Å². The Kier molecular flexibility index (Phi) is 9.44. The normalized spacial score (nSPS) is 20.7. The van der Waals surface area contributed by atoms with Crippen molar-refractivity contribution in [2.75, 3.05) is 24.5 Å². The van der Waals surface area contributed by atoms with E-state index in [1.807, 2.05) is 37.3 Å². The van der Waals surface area contributed by atoms with Crippen LogP contribution in [0.2, 0.25) is 4.34 Å². The molecular formula is C30H35ClN4O5S. The van der Waals surface area contributed by atoms with Gasteiger partial charge in [0.15, 0.2) is 0 Å². The molecule has 0 unspecified atom stereocenters. The van der Waals surface area contributed by atoms with Crippen molar-refractivity contribution in [2.24, 2.45) is 0 Å². The Morgan fingerprint density at radius 3 is 2.68 bits per heavy atom. The molecule has 1 atom stereocenters. The average Bonchev–Trinajstić information content (AvgIpc) is 3.57. The first-order valence-electron chi connectivity index (χ1n) is 14.0. The van der Waals surface area contributed by atoms with Gasteiger partial charge in [-0.1, -0.05) is 17.7 Å². The lowest BCUT2D eigenvalue weighted by molar-refractivity contribution is 0.0920. The lowest BCUT2D eigenvalue weighted by Crippen LogP contribution is -2.35. The summed E-state index contributed by atoms with van der Waals surface area (Å²) in [5.74, 6) is -0.259. The Labute approximate surface area is 248 Å². The molecule has 0 spiro atoms. The predicted molar refractivity (Wildman–Crippen MR) is 161 cm³/mol. The molecule has 2 amide bonds. The van der Waals surface area contributed by atoms with Crippen molar-refractivity contribution in [1.29, 1.82) is 0 Å². The van der Waals surface area contributed by atoms with E-state index in [2.05, 4.69) is 10.6 Å². The van der Waals surface area contributed by atoms with Crippen LogP contribution in [0, 0.1) is 6.92 Å². The quantitative estimate of drug-likeness (QED) is 0.297. The van der Waals surface area contributed by atoms with E-state index in [9.17, 15) is 19.5 Å². The smallest absolute Gasteiger partial charge is 0.414 e. The minimum Gasteiger partial charge on any atom is -0.442 e. The second kappa shape index (κ2) is 13.2. The van der Waals surface area contributed by atoms with Crippen LogP contribution in [0.25, 0.3) is 5.69 Å². The number of amides is 2. The van der Waals surface area contributed by atoms with Gasteiger partial charge in [-0.05, 0) is 94.0 Å². The van der Waals surface area contributed by atoms with Gasteiger partial charge in [-0.15, -0.1) is 11.3 Å². The zero-order chi connectivity index (χ0) is 28.9. The maximum atomic E-state index is 13.3. The molecule has 3 heterocycles. The van der Waals surface area contributed by atoms with Gasteiger partial charge in [0.25, 0.3) is 11.5 Å². The number of hydrogen-bond donors (Lipinski definition) is 3. The van der Waals surface area contributed by atoms with Crippen LogP contribution in [-0.2, 0) is 11.2 Å². The molecule has 1 aliphatic heterocycles. The summed E-state index contributed by atoms with van der Waals surface area (Å²) in [7, 11) is 0. The van der Waals surface area contributed by atoms with Crippen LogP contribution >= 0.6 is 22.9 Å². The molecular weight excluding hydrogens is 564 g/mol. The third-order valence-electron chi connectivity index (χ3n) is 7.69. The van der Waals surface area contributed by atoms with Gasteiger partial charge in [0.1, 0.15) is 6.10 Å². The Morgan fingerprint density at radius 2 is 1.95 bits per heavy atom. The number of aromatic nitrogens is 1. The van der Waals surface area contributed by atoms with E-state index in [1.165, 1.54) is 16.2 Å². The minimum atomic E-state index is -0.486. The number of aliphatic hydroxyl groups excluding tert-OH is 1. The molecule has 1 saturated heterocycles. The lowest BCUT2D eigenvalue weighted by atomic mass is 9.93. The molecule has 9 nitrogen and oxygen atoms in total. The highest BCUT2D eigenvalue weighted by Crippen LogP contribution is 2.26. The molecule has 2 aromatic heterocycles. The molecule has 3 N–H and O–H groups in total. The van der Waals surface area contributed by atoms with Crippen LogP contribution < -0.4 is 21.1 Å². The molecule has 2 fully saturated rings. The number of benzene rings is 1. The maximum Gasteiger partial charge on any atom is 0.414 e. The second-order valence-electron chi connectivity index (χ2n) is 10.7. The highest BCUT2D eigenvalue weighted by Gasteiger charge is 2.33. The number of carbonyl (C=O) groups is 2. The number of hydrogen-bond acceptors (Lipinski definition) is 7. The zero-order valence-electron chi connectivity index (χ0n) is 23.0. The first kappa shape index (κ1) is 29.3. The van der Waals surface area contributed by atoms with Crippen molar-refractivity contribution >= 4 is 40.6 Å². The van der Waals surface area contributed by atoms with Crippen LogP contribution in [-0.4, -0.2) is 59.6 Å². The Bertz CT molecular complexity index is 1450. The van der Waals surface area contributed by atoms with E-state index in [0.717, 1.165) is 55.5 Å². The summed E-state index contributed by atoms with van der Waals surface area (Å²) in [6.07, 6.45) is 5.86. The molecule has 11 heteroatoms. The molecule has 1 aromatic carbocycles. The summed E-state index contributed by atoms with van der Waals surface area (Å²) in [5.41, 5.74) is 2.98. The summed E-state index contributed by atoms with van der Waals surface area (Å²) < 4.78 is 7.67. The predicted octanol–water partition coefficient (Wildman–Crippen LogP) is 4.44. The molecule has 41 heavy (non-hydrogen) atoms. The average molecular weight is 599 g/mol. The summed E-state index contributed by atoms with van der Waals surface area (Å²) in [5, 5.41) is 16.0. The first-order chi connectivity index (χ1) is 19.8. The van der Waals surface area contributed by atoms with Gasteiger partial charge in [0.2, 0.25) is 0 Å². The number of ether oxygens (including phenoxy) is 1. The number of aliphatic hydroxyl groups is 1. The van der Waals surface area contributed by atoms with Crippen molar-refractivity contribution in [3.63, 3.8) is 0 Å². The zero-order valence-corrected chi connectivity index (χ0v) is 24.5. The molecule has 1 aliphatic carbocycles. The number of cyclic esters (lactones) is 1.